The van der Waals surface area contributed by atoms with E-state index in [9.17, 15) is 4.79 Å². The molecule has 1 amide bonds. The van der Waals surface area contributed by atoms with Crippen LogP contribution in [0.25, 0.3) is 11.0 Å². The van der Waals surface area contributed by atoms with E-state index in [0.717, 1.165) is 36.2 Å². The van der Waals surface area contributed by atoms with Crippen molar-refractivity contribution in [3.05, 3.63) is 65.9 Å². The van der Waals surface area contributed by atoms with Gasteiger partial charge in [0, 0.05) is 19.0 Å². The van der Waals surface area contributed by atoms with Crippen LogP contribution in [0.5, 0.6) is 5.75 Å². The van der Waals surface area contributed by atoms with E-state index in [4.69, 9.17) is 14.4 Å². The third kappa shape index (κ3) is 5.07. The summed E-state index contributed by atoms with van der Waals surface area (Å²) in [5.74, 6) is 1.32. The number of rotatable bonds is 8. The van der Waals surface area contributed by atoms with E-state index >= 15 is 0 Å². The van der Waals surface area contributed by atoms with Crippen molar-refractivity contribution in [2.75, 3.05) is 33.3 Å². The monoisotopic (exact) mass is 417 g/mol. The van der Waals surface area contributed by atoms with Crippen LogP contribution in [0.2, 0.25) is 0 Å². The van der Waals surface area contributed by atoms with E-state index in [1.54, 1.807) is 0 Å². The summed E-state index contributed by atoms with van der Waals surface area (Å²) in [6.07, 6.45) is 2.59. The fourth-order valence-corrected chi connectivity index (χ4v) is 4.16. The highest BCUT2D eigenvalue weighted by molar-refractivity contribution is 5.82. The minimum absolute atomic E-state index is 0.00106. The molecule has 4 rings (SSSR count). The fraction of sp³-hybridized carbons (Fsp3) is 0.360. The zero-order chi connectivity index (χ0) is 21.6. The normalized spacial score (nSPS) is 15.0. The van der Waals surface area contributed by atoms with Crippen molar-refractivity contribution in [3.8, 4) is 11.8 Å². The second kappa shape index (κ2) is 9.67. The summed E-state index contributed by atoms with van der Waals surface area (Å²) < 4.78 is 11.4. The second-order valence-electron chi connectivity index (χ2n) is 7.97. The molecule has 0 bridgehead atoms. The molecule has 0 radical (unpaired) electrons. The number of nitriles is 1. The van der Waals surface area contributed by atoms with Gasteiger partial charge in [-0.3, -0.25) is 4.79 Å². The van der Waals surface area contributed by atoms with Crippen LogP contribution in [0.1, 0.15) is 30.2 Å². The lowest BCUT2D eigenvalue weighted by Gasteiger charge is -2.32. The Balaban J connectivity index is 1.54. The van der Waals surface area contributed by atoms with E-state index in [1.165, 1.54) is 12.8 Å². The number of benzene rings is 2. The maximum Gasteiger partial charge on any atom is 0.230 e. The van der Waals surface area contributed by atoms with Crippen molar-refractivity contribution in [2.24, 2.45) is 0 Å². The van der Waals surface area contributed by atoms with Gasteiger partial charge in [-0.05, 0) is 55.8 Å². The maximum atomic E-state index is 13.2. The van der Waals surface area contributed by atoms with Crippen molar-refractivity contribution in [1.82, 2.24) is 9.80 Å². The SMILES string of the molecule is CN(C(=O)Cc1cc2ccccc2o1)[C@H](CN1CCCC1)c1cccc(OCC#N)c1. The summed E-state index contributed by atoms with van der Waals surface area (Å²) in [5, 5.41) is 9.81. The van der Waals surface area contributed by atoms with Crippen molar-refractivity contribution < 1.29 is 13.9 Å². The van der Waals surface area contributed by atoms with Crippen LogP contribution in [-0.4, -0.2) is 49.0 Å². The highest BCUT2D eigenvalue weighted by Crippen LogP contribution is 2.27. The predicted molar refractivity (Wildman–Crippen MR) is 119 cm³/mol. The zero-order valence-electron chi connectivity index (χ0n) is 17.8. The van der Waals surface area contributed by atoms with Gasteiger partial charge in [0.05, 0.1) is 12.5 Å². The Morgan fingerprint density at radius 2 is 2.00 bits per heavy atom. The molecule has 0 saturated carbocycles. The predicted octanol–water partition coefficient (Wildman–Crippen LogP) is 4.17. The average molecular weight is 418 g/mol. The molecular weight excluding hydrogens is 390 g/mol. The summed E-state index contributed by atoms with van der Waals surface area (Å²) in [6, 6.07) is 19.3. The molecule has 1 aliphatic rings. The molecular formula is C25H27N3O3. The highest BCUT2D eigenvalue weighted by Gasteiger charge is 2.26. The molecule has 6 nitrogen and oxygen atoms in total. The molecule has 0 spiro atoms. The van der Waals surface area contributed by atoms with E-state index in [-0.39, 0.29) is 25.0 Å². The van der Waals surface area contributed by atoms with E-state index in [1.807, 2.05) is 72.6 Å². The number of carbonyl (C=O) groups excluding carboxylic acids is 1. The lowest BCUT2D eigenvalue weighted by atomic mass is 10.0. The quantitative estimate of drug-likeness (QED) is 0.550. The van der Waals surface area contributed by atoms with Crippen molar-refractivity contribution >= 4 is 16.9 Å². The molecule has 1 saturated heterocycles. The Labute approximate surface area is 182 Å². The number of amides is 1. The number of para-hydroxylation sites is 1. The molecule has 3 aromatic rings. The summed E-state index contributed by atoms with van der Waals surface area (Å²) >= 11 is 0. The van der Waals surface area contributed by atoms with Crippen LogP contribution in [0.4, 0.5) is 0 Å². The van der Waals surface area contributed by atoms with Gasteiger partial charge in [-0.1, -0.05) is 30.3 Å². The first-order chi connectivity index (χ1) is 15.1. The van der Waals surface area contributed by atoms with Gasteiger partial charge < -0.3 is 19.0 Å². The number of likely N-dealkylation sites (tertiary alicyclic amines) is 1. The van der Waals surface area contributed by atoms with Crippen LogP contribution in [-0.2, 0) is 11.2 Å². The van der Waals surface area contributed by atoms with Crippen LogP contribution >= 0.6 is 0 Å². The number of hydrogen-bond donors (Lipinski definition) is 0. The van der Waals surface area contributed by atoms with Gasteiger partial charge in [-0.2, -0.15) is 5.26 Å². The molecule has 31 heavy (non-hydrogen) atoms. The van der Waals surface area contributed by atoms with Gasteiger partial charge in [0.2, 0.25) is 5.91 Å². The van der Waals surface area contributed by atoms with Crippen LogP contribution in [0, 0.1) is 11.3 Å². The lowest BCUT2D eigenvalue weighted by molar-refractivity contribution is -0.132. The summed E-state index contributed by atoms with van der Waals surface area (Å²) in [4.78, 5) is 17.4. The topological polar surface area (TPSA) is 69.7 Å². The Bertz CT molecular complexity index is 1050. The molecule has 1 atom stereocenters. The smallest absolute Gasteiger partial charge is 0.230 e. The number of nitrogens with zero attached hydrogens (tertiary/aromatic N) is 3. The number of furan rings is 1. The molecule has 1 aromatic heterocycles. The van der Waals surface area contributed by atoms with E-state index < -0.39 is 0 Å². The molecule has 6 heteroatoms. The first-order valence-electron chi connectivity index (χ1n) is 10.7. The van der Waals surface area contributed by atoms with Crippen LogP contribution < -0.4 is 4.74 Å². The maximum absolute atomic E-state index is 13.2. The zero-order valence-corrected chi connectivity index (χ0v) is 17.8. The molecule has 160 valence electrons. The van der Waals surface area contributed by atoms with Crippen molar-refractivity contribution in [3.63, 3.8) is 0 Å². The first-order valence-corrected chi connectivity index (χ1v) is 10.7. The second-order valence-corrected chi connectivity index (χ2v) is 7.97. The summed E-state index contributed by atoms with van der Waals surface area (Å²) in [5.41, 5.74) is 1.80. The summed E-state index contributed by atoms with van der Waals surface area (Å²) in [6.45, 7) is 2.87. The minimum Gasteiger partial charge on any atom is -0.479 e. The van der Waals surface area contributed by atoms with Gasteiger partial charge in [-0.25, -0.2) is 0 Å². The highest BCUT2D eigenvalue weighted by atomic mass is 16.5. The lowest BCUT2D eigenvalue weighted by Crippen LogP contribution is -2.39. The van der Waals surface area contributed by atoms with Crippen molar-refractivity contribution in [1.29, 1.82) is 5.26 Å². The summed E-state index contributed by atoms with van der Waals surface area (Å²) in [7, 11) is 1.86. The van der Waals surface area contributed by atoms with E-state index in [0.29, 0.717) is 11.5 Å². The molecule has 1 fully saturated rings. The van der Waals surface area contributed by atoms with Crippen LogP contribution in [0.15, 0.2) is 59.0 Å². The van der Waals surface area contributed by atoms with Gasteiger partial charge >= 0.3 is 0 Å². The van der Waals surface area contributed by atoms with Gasteiger partial charge in [-0.15, -0.1) is 0 Å². The standard InChI is InChI=1S/C25H27N3O3/c1-27(25(29)17-22-16-20-7-2-3-10-24(20)31-22)23(18-28-12-4-5-13-28)19-8-6-9-21(15-19)30-14-11-26/h2-3,6-10,15-16,23H,4-5,12-14,17-18H2,1H3/t23-/m1/s1. The number of ether oxygens (including phenoxy) is 1. The third-order valence-electron chi connectivity index (χ3n) is 5.84. The largest absolute Gasteiger partial charge is 0.479 e. The molecule has 0 N–H and O–H groups in total. The first kappa shape index (κ1) is 21.0. The molecule has 1 aliphatic heterocycles. The number of carbonyl (C=O) groups is 1. The molecule has 0 unspecified atom stereocenters. The Morgan fingerprint density at radius 3 is 2.77 bits per heavy atom. The van der Waals surface area contributed by atoms with E-state index in [2.05, 4.69) is 4.90 Å². The van der Waals surface area contributed by atoms with Gasteiger partial charge in [0.15, 0.2) is 6.61 Å². The Hall–Kier alpha value is -3.30. The Morgan fingerprint density at radius 1 is 1.19 bits per heavy atom. The molecule has 2 heterocycles. The Kier molecular flexibility index (Phi) is 6.54. The van der Waals surface area contributed by atoms with Crippen LogP contribution in [0.3, 0.4) is 0 Å². The van der Waals surface area contributed by atoms with Gasteiger partial charge in [0.1, 0.15) is 23.2 Å². The van der Waals surface area contributed by atoms with Gasteiger partial charge in [0.25, 0.3) is 0 Å². The fourth-order valence-electron chi connectivity index (χ4n) is 4.16. The van der Waals surface area contributed by atoms with Crippen molar-refractivity contribution in [2.45, 2.75) is 25.3 Å². The average Bonchev–Trinajstić information content (AvgIpc) is 3.45. The minimum atomic E-state index is -0.111. The third-order valence-corrected chi connectivity index (χ3v) is 5.84. The number of likely N-dealkylation sites (N-methyl/N-ethyl adjacent to an activating group) is 1. The molecule has 2 aromatic carbocycles. The number of hydrogen-bond acceptors (Lipinski definition) is 5. The number of fused-ring (bicyclic) bond motifs is 1. The molecule has 0 aliphatic carbocycles.